The van der Waals surface area contributed by atoms with Gasteiger partial charge in [-0.3, -0.25) is 0 Å². The van der Waals surface area contributed by atoms with Gasteiger partial charge in [0.2, 0.25) is 0 Å². The average Bonchev–Trinajstić information content (AvgIpc) is 2.83. The molecule has 172 valence electrons. The molecule has 2 aromatic carbocycles. The van der Waals surface area contributed by atoms with E-state index in [1.54, 1.807) is 0 Å². The summed E-state index contributed by atoms with van der Waals surface area (Å²) in [5.41, 5.74) is 1.97. The molecule has 0 bridgehead atoms. The Hall–Kier alpha value is -3.61. The van der Waals surface area contributed by atoms with Gasteiger partial charge in [-0.2, -0.15) is 0 Å². The lowest BCUT2D eigenvalue weighted by Crippen LogP contribution is -2.52. The van der Waals surface area contributed by atoms with Gasteiger partial charge in [0.05, 0.1) is 0 Å². The molecule has 2 heterocycles. The predicted molar refractivity (Wildman–Crippen MR) is 130 cm³/mol. The van der Waals surface area contributed by atoms with Gasteiger partial charge in [0.25, 0.3) is 0 Å². The Balaban J connectivity index is 1.29. The lowest BCUT2D eigenvalue weighted by atomic mass is 10.2. The fourth-order valence-corrected chi connectivity index (χ4v) is 3.77. The molecule has 1 saturated heterocycles. The lowest BCUT2D eigenvalue weighted by molar-refractivity contribution is 0.194. The van der Waals surface area contributed by atoms with Gasteiger partial charge in [-0.25, -0.2) is 14.8 Å². The van der Waals surface area contributed by atoms with Crippen molar-refractivity contribution in [2.45, 2.75) is 33.2 Å². The third-order valence-corrected chi connectivity index (χ3v) is 5.59. The van der Waals surface area contributed by atoms with E-state index >= 15 is 0 Å². The Kier molecular flexibility index (Phi) is 7.07. The number of carbonyl (C=O) groups excluding carboxylic acids is 1. The van der Waals surface area contributed by atoms with Crippen LogP contribution >= 0.6 is 0 Å². The number of hydrogen-bond donors (Lipinski definition) is 1. The highest BCUT2D eigenvalue weighted by Crippen LogP contribution is 2.22. The molecule has 1 aliphatic heterocycles. The first-order valence-electron chi connectivity index (χ1n) is 11.4. The van der Waals surface area contributed by atoms with Crippen molar-refractivity contribution in [2.24, 2.45) is 0 Å². The zero-order valence-corrected chi connectivity index (χ0v) is 19.5. The quantitative estimate of drug-likeness (QED) is 0.594. The third kappa shape index (κ3) is 6.00. The number of rotatable bonds is 6. The Morgan fingerprint density at radius 2 is 1.70 bits per heavy atom. The summed E-state index contributed by atoms with van der Waals surface area (Å²) in [6.07, 6.45) is 0. The second-order valence-corrected chi connectivity index (χ2v) is 8.58. The van der Waals surface area contributed by atoms with Gasteiger partial charge < -0.3 is 19.9 Å². The SMILES string of the molecule is Cc1cc(N2CCN(C(=O)NCc3cccc(Oc4ccccc4)c3)CC2)nc(C(C)C)n1. The fraction of sp³-hybridized carbons (Fsp3) is 0.346. The van der Waals surface area contributed by atoms with Crippen LogP contribution in [0.25, 0.3) is 0 Å². The zero-order chi connectivity index (χ0) is 23.2. The van der Waals surface area contributed by atoms with Crippen molar-refractivity contribution in [1.29, 1.82) is 0 Å². The number of ether oxygens (including phenoxy) is 1. The van der Waals surface area contributed by atoms with Crippen molar-refractivity contribution in [3.8, 4) is 11.5 Å². The van der Waals surface area contributed by atoms with Gasteiger partial charge >= 0.3 is 6.03 Å². The molecule has 3 aromatic rings. The number of aryl methyl sites for hydroxylation is 1. The Morgan fingerprint density at radius 3 is 2.42 bits per heavy atom. The van der Waals surface area contributed by atoms with Crippen LogP contribution in [-0.2, 0) is 6.54 Å². The van der Waals surface area contributed by atoms with E-state index < -0.39 is 0 Å². The standard InChI is InChI=1S/C26H31N5O2/c1-19(2)25-28-20(3)16-24(29-25)30-12-14-31(15-13-30)26(32)27-18-21-8-7-11-23(17-21)33-22-9-5-4-6-10-22/h4-11,16-17,19H,12-15,18H2,1-3H3,(H,27,32). The molecule has 33 heavy (non-hydrogen) atoms. The van der Waals surface area contributed by atoms with Crippen molar-refractivity contribution < 1.29 is 9.53 Å². The summed E-state index contributed by atoms with van der Waals surface area (Å²) in [7, 11) is 0. The van der Waals surface area contributed by atoms with Crippen LogP contribution in [0.15, 0.2) is 60.7 Å². The van der Waals surface area contributed by atoms with Crippen LogP contribution in [-0.4, -0.2) is 47.1 Å². The minimum absolute atomic E-state index is 0.0502. The molecule has 1 fully saturated rings. The van der Waals surface area contributed by atoms with Crippen LogP contribution in [0.1, 0.15) is 36.8 Å². The number of amides is 2. The third-order valence-electron chi connectivity index (χ3n) is 5.59. The number of piperazine rings is 1. The second-order valence-electron chi connectivity index (χ2n) is 8.58. The van der Waals surface area contributed by atoms with E-state index in [-0.39, 0.29) is 11.9 Å². The van der Waals surface area contributed by atoms with Gasteiger partial charge in [0.15, 0.2) is 0 Å². The van der Waals surface area contributed by atoms with Gasteiger partial charge in [-0.15, -0.1) is 0 Å². The molecule has 0 saturated carbocycles. The predicted octanol–water partition coefficient (Wildman–Crippen LogP) is 4.73. The van der Waals surface area contributed by atoms with E-state index in [4.69, 9.17) is 9.72 Å². The van der Waals surface area contributed by atoms with E-state index in [0.717, 1.165) is 47.5 Å². The molecule has 0 aliphatic carbocycles. The highest BCUT2D eigenvalue weighted by atomic mass is 16.5. The monoisotopic (exact) mass is 445 g/mol. The summed E-state index contributed by atoms with van der Waals surface area (Å²) in [5, 5.41) is 3.03. The largest absolute Gasteiger partial charge is 0.457 e. The Morgan fingerprint density at radius 1 is 0.970 bits per heavy atom. The molecule has 1 aromatic heterocycles. The average molecular weight is 446 g/mol. The Labute approximate surface area is 195 Å². The lowest BCUT2D eigenvalue weighted by Gasteiger charge is -2.35. The van der Waals surface area contributed by atoms with Crippen molar-refractivity contribution >= 4 is 11.8 Å². The summed E-state index contributed by atoms with van der Waals surface area (Å²) in [5.74, 6) is 3.64. The van der Waals surface area contributed by atoms with Crippen LogP contribution in [0, 0.1) is 6.92 Å². The van der Waals surface area contributed by atoms with Gasteiger partial charge in [0.1, 0.15) is 23.1 Å². The minimum atomic E-state index is -0.0502. The van der Waals surface area contributed by atoms with E-state index in [1.807, 2.05) is 72.5 Å². The van der Waals surface area contributed by atoms with Crippen LogP contribution in [0.3, 0.4) is 0 Å². The highest BCUT2D eigenvalue weighted by Gasteiger charge is 2.22. The van der Waals surface area contributed by atoms with Gasteiger partial charge in [-0.1, -0.05) is 44.2 Å². The maximum absolute atomic E-state index is 12.7. The summed E-state index contributed by atoms with van der Waals surface area (Å²) in [6.45, 7) is 9.47. The molecule has 0 radical (unpaired) electrons. The van der Waals surface area contributed by atoms with E-state index in [2.05, 4.69) is 29.0 Å². The van der Waals surface area contributed by atoms with E-state index in [1.165, 1.54) is 0 Å². The molecular weight excluding hydrogens is 414 g/mol. The van der Waals surface area contributed by atoms with Crippen molar-refractivity contribution in [2.75, 3.05) is 31.1 Å². The van der Waals surface area contributed by atoms with Crippen molar-refractivity contribution in [3.63, 3.8) is 0 Å². The maximum Gasteiger partial charge on any atom is 0.317 e. The second kappa shape index (κ2) is 10.3. The smallest absolute Gasteiger partial charge is 0.317 e. The first-order valence-corrected chi connectivity index (χ1v) is 11.4. The van der Waals surface area contributed by atoms with Crippen LogP contribution < -0.4 is 15.0 Å². The molecule has 1 N–H and O–H groups in total. The number of para-hydroxylation sites is 1. The number of anilines is 1. The highest BCUT2D eigenvalue weighted by molar-refractivity contribution is 5.74. The van der Waals surface area contributed by atoms with E-state index in [9.17, 15) is 4.79 Å². The first-order chi connectivity index (χ1) is 16.0. The Bertz CT molecular complexity index is 1080. The summed E-state index contributed by atoms with van der Waals surface area (Å²) in [6, 6.07) is 19.4. The molecule has 7 heteroatoms. The molecule has 1 aliphatic rings. The fourth-order valence-electron chi connectivity index (χ4n) is 3.77. The van der Waals surface area contributed by atoms with Crippen molar-refractivity contribution in [1.82, 2.24) is 20.2 Å². The number of urea groups is 1. The molecule has 2 amide bonds. The molecular formula is C26H31N5O2. The minimum Gasteiger partial charge on any atom is -0.457 e. The number of nitrogens with zero attached hydrogens (tertiary/aromatic N) is 4. The van der Waals surface area contributed by atoms with Crippen LogP contribution in [0.2, 0.25) is 0 Å². The molecule has 7 nitrogen and oxygen atoms in total. The number of aromatic nitrogens is 2. The van der Waals surface area contributed by atoms with Gasteiger partial charge in [-0.05, 0) is 36.8 Å². The first kappa shape index (κ1) is 22.6. The molecule has 0 atom stereocenters. The van der Waals surface area contributed by atoms with E-state index in [0.29, 0.717) is 19.6 Å². The van der Waals surface area contributed by atoms with Gasteiger partial charge in [0, 0.05) is 50.4 Å². The van der Waals surface area contributed by atoms with Crippen LogP contribution in [0.5, 0.6) is 11.5 Å². The topological polar surface area (TPSA) is 70.6 Å². The number of hydrogen-bond acceptors (Lipinski definition) is 5. The molecule has 0 spiro atoms. The summed E-state index contributed by atoms with van der Waals surface area (Å²) < 4.78 is 5.89. The van der Waals surface area contributed by atoms with Crippen molar-refractivity contribution in [3.05, 3.63) is 77.7 Å². The maximum atomic E-state index is 12.7. The number of benzene rings is 2. The van der Waals surface area contributed by atoms with Crippen LogP contribution in [0.4, 0.5) is 10.6 Å². The molecule has 0 unspecified atom stereocenters. The zero-order valence-electron chi connectivity index (χ0n) is 19.5. The summed E-state index contributed by atoms with van der Waals surface area (Å²) >= 11 is 0. The molecule has 4 rings (SSSR count). The number of nitrogens with one attached hydrogen (secondary N) is 1. The normalized spacial score (nSPS) is 13.8. The number of carbonyl (C=O) groups is 1. The summed E-state index contributed by atoms with van der Waals surface area (Å²) in [4.78, 5) is 26.1.